The maximum absolute atomic E-state index is 13.8. The number of aryl methyl sites for hydroxylation is 1. The maximum Gasteiger partial charge on any atom is 0.263 e. The number of carbonyl (C=O) groups excluding carboxylic acids is 1. The largest absolute Gasteiger partial charge is 0.478 e. The highest BCUT2D eigenvalue weighted by molar-refractivity contribution is 5.81. The molecule has 1 heterocycles. The predicted molar refractivity (Wildman–Crippen MR) is 67.0 cm³/mol. The highest BCUT2D eigenvalue weighted by Gasteiger charge is 2.25. The molecule has 0 aromatic heterocycles. The number of ether oxygens (including phenoxy) is 1. The number of amides is 1. The molecular formula is C14H18FNO2. The van der Waals surface area contributed by atoms with E-state index in [0.717, 1.165) is 25.9 Å². The second-order valence-electron chi connectivity index (χ2n) is 4.68. The minimum Gasteiger partial charge on any atom is -0.478 e. The van der Waals surface area contributed by atoms with Gasteiger partial charge in [0.2, 0.25) is 0 Å². The first-order valence-electron chi connectivity index (χ1n) is 6.30. The number of halogens is 1. The Balaban J connectivity index is 2.04. The summed E-state index contributed by atoms with van der Waals surface area (Å²) in [6, 6.07) is 4.95. The van der Waals surface area contributed by atoms with Crippen LogP contribution in [0.25, 0.3) is 0 Å². The lowest BCUT2D eigenvalue weighted by molar-refractivity contribution is -0.136. The number of rotatable bonds is 3. The van der Waals surface area contributed by atoms with Crippen LogP contribution in [-0.4, -0.2) is 30.0 Å². The van der Waals surface area contributed by atoms with Crippen molar-refractivity contribution in [1.82, 2.24) is 4.90 Å². The molecule has 1 unspecified atom stereocenters. The molecule has 0 aliphatic carbocycles. The molecule has 1 aromatic rings. The van der Waals surface area contributed by atoms with Gasteiger partial charge in [0.25, 0.3) is 5.91 Å². The van der Waals surface area contributed by atoms with Gasteiger partial charge >= 0.3 is 0 Å². The van der Waals surface area contributed by atoms with Gasteiger partial charge in [-0.3, -0.25) is 4.79 Å². The van der Waals surface area contributed by atoms with Crippen LogP contribution in [0.15, 0.2) is 18.2 Å². The molecule has 18 heavy (non-hydrogen) atoms. The van der Waals surface area contributed by atoms with E-state index in [9.17, 15) is 9.18 Å². The van der Waals surface area contributed by atoms with E-state index < -0.39 is 11.9 Å². The molecule has 1 aromatic carbocycles. The Bertz CT molecular complexity index is 441. The molecule has 1 fully saturated rings. The topological polar surface area (TPSA) is 29.5 Å². The number of hydrogen-bond donors (Lipinski definition) is 0. The van der Waals surface area contributed by atoms with Gasteiger partial charge < -0.3 is 9.64 Å². The molecule has 0 N–H and O–H groups in total. The van der Waals surface area contributed by atoms with Crippen LogP contribution in [0.4, 0.5) is 4.39 Å². The van der Waals surface area contributed by atoms with Gasteiger partial charge in [0, 0.05) is 13.1 Å². The molecular weight excluding hydrogens is 233 g/mol. The van der Waals surface area contributed by atoms with Crippen molar-refractivity contribution in [2.75, 3.05) is 13.1 Å². The highest BCUT2D eigenvalue weighted by Crippen LogP contribution is 2.21. The Morgan fingerprint density at radius 3 is 2.72 bits per heavy atom. The van der Waals surface area contributed by atoms with E-state index in [1.165, 1.54) is 0 Å². The maximum atomic E-state index is 13.8. The minimum absolute atomic E-state index is 0.0617. The summed E-state index contributed by atoms with van der Waals surface area (Å²) in [6.45, 7) is 4.91. The Labute approximate surface area is 107 Å². The molecule has 3 nitrogen and oxygen atoms in total. The van der Waals surface area contributed by atoms with Crippen LogP contribution in [0.5, 0.6) is 5.75 Å². The van der Waals surface area contributed by atoms with E-state index >= 15 is 0 Å². The zero-order valence-corrected chi connectivity index (χ0v) is 10.8. The smallest absolute Gasteiger partial charge is 0.263 e. The first-order chi connectivity index (χ1) is 8.59. The number of carbonyl (C=O) groups is 1. The average molecular weight is 251 g/mol. The van der Waals surface area contributed by atoms with Gasteiger partial charge in [0.15, 0.2) is 17.7 Å². The molecule has 2 rings (SSSR count). The van der Waals surface area contributed by atoms with Crippen molar-refractivity contribution in [2.24, 2.45) is 0 Å². The molecule has 1 atom stereocenters. The zero-order chi connectivity index (χ0) is 13.1. The van der Waals surface area contributed by atoms with Crippen LogP contribution in [0, 0.1) is 12.7 Å². The summed E-state index contributed by atoms with van der Waals surface area (Å²) < 4.78 is 19.2. The molecule has 98 valence electrons. The molecule has 1 aliphatic rings. The van der Waals surface area contributed by atoms with E-state index in [1.807, 2.05) is 0 Å². The Kier molecular flexibility index (Phi) is 3.84. The third-order valence-electron chi connectivity index (χ3n) is 3.23. The van der Waals surface area contributed by atoms with E-state index in [0.29, 0.717) is 5.56 Å². The van der Waals surface area contributed by atoms with Crippen LogP contribution in [0.3, 0.4) is 0 Å². The van der Waals surface area contributed by atoms with Gasteiger partial charge in [0.1, 0.15) is 0 Å². The van der Waals surface area contributed by atoms with Gasteiger partial charge in [-0.2, -0.15) is 0 Å². The van der Waals surface area contributed by atoms with E-state index in [1.54, 1.807) is 36.9 Å². The molecule has 0 saturated carbocycles. The van der Waals surface area contributed by atoms with Crippen LogP contribution in [-0.2, 0) is 4.79 Å². The monoisotopic (exact) mass is 251 g/mol. The SMILES string of the molecule is Cc1cccc(OC(C)C(=O)N2CCCC2)c1F. The fraction of sp³-hybridized carbons (Fsp3) is 0.500. The number of hydrogen-bond acceptors (Lipinski definition) is 2. The van der Waals surface area contributed by atoms with E-state index in [2.05, 4.69) is 0 Å². The van der Waals surface area contributed by atoms with Crippen molar-refractivity contribution in [3.05, 3.63) is 29.6 Å². The highest BCUT2D eigenvalue weighted by atomic mass is 19.1. The molecule has 1 saturated heterocycles. The van der Waals surface area contributed by atoms with Crippen molar-refractivity contribution < 1.29 is 13.9 Å². The molecule has 0 radical (unpaired) electrons. The van der Waals surface area contributed by atoms with Crippen LogP contribution < -0.4 is 4.74 Å². The number of benzene rings is 1. The molecule has 0 bridgehead atoms. The number of likely N-dealkylation sites (tertiary alicyclic amines) is 1. The Morgan fingerprint density at radius 1 is 1.39 bits per heavy atom. The lowest BCUT2D eigenvalue weighted by atomic mass is 10.2. The average Bonchev–Trinajstić information content (AvgIpc) is 2.87. The van der Waals surface area contributed by atoms with Crippen molar-refractivity contribution in [2.45, 2.75) is 32.8 Å². The second kappa shape index (κ2) is 5.38. The van der Waals surface area contributed by atoms with E-state index in [-0.39, 0.29) is 11.7 Å². The molecule has 1 amide bonds. The summed E-state index contributed by atoms with van der Waals surface area (Å²) in [4.78, 5) is 13.8. The second-order valence-corrected chi connectivity index (χ2v) is 4.68. The van der Waals surface area contributed by atoms with Crippen LogP contribution in [0.1, 0.15) is 25.3 Å². The van der Waals surface area contributed by atoms with E-state index in [4.69, 9.17) is 4.74 Å². The summed E-state index contributed by atoms with van der Waals surface area (Å²) in [5, 5.41) is 0. The summed E-state index contributed by atoms with van der Waals surface area (Å²) in [5.41, 5.74) is 0.522. The van der Waals surface area contributed by atoms with Crippen molar-refractivity contribution in [1.29, 1.82) is 0 Å². The minimum atomic E-state index is -0.639. The predicted octanol–water partition coefficient (Wildman–Crippen LogP) is 2.52. The standard InChI is InChI=1S/C14H18FNO2/c1-10-6-5-7-12(13(10)15)18-11(2)14(17)16-8-3-4-9-16/h5-7,11H,3-4,8-9H2,1-2H3. The summed E-state index contributed by atoms with van der Waals surface area (Å²) in [6.07, 6.45) is 1.44. The quantitative estimate of drug-likeness (QED) is 0.826. The Morgan fingerprint density at radius 2 is 2.06 bits per heavy atom. The van der Waals surface area contributed by atoms with Crippen molar-refractivity contribution in [3.63, 3.8) is 0 Å². The van der Waals surface area contributed by atoms with Gasteiger partial charge in [-0.25, -0.2) is 4.39 Å². The third-order valence-corrected chi connectivity index (χ3v) is 3.23. The van der Waals surface area contributed by atoms with Gasteiger partial charge in [0.05, 0.1) is 0 Å². The van der Waals surface area contributed by atoms with Crippen LogP contribution in [0.2, 0.25) is 0 Å². The van der Waals surface area contributed by atoms with Gasteiger partial charge in [-0.05, 0) is 38.3 Å². The van der Waals surface area contributed by atoms with Gasteiger partial charge in [-0.15, -0.1) is 0 Å². The summed E-state index contributed by atoms with van der Waals surface area (Å²) >= 11 is 0. The van der Waals surface area contributed by atoms with Crippen molar-refractivity contribution >= 4 is 5.91 Å². The first-order valence-corrected chi connectivity index (χ1v) is 6.30. The molecule has 1 aliphatic heterocycles. The number of nitrogens with zero attached hydrogens (tertiary/aromatic N) is 1. The lowest BCUT2D eigenvalue weighted by Gasteiger charge is -2.21. The van der Waals surface area contributed by atoms with Crippen LogP contribution >= 0.6 is 0 Å². The molecule has 0 spiro atoms. The fourth-order valence-electron chi connectivity index (χ4n) is 2.15. The zero-order valence-electron chi connectivity index (χ0n) is 10.8. The van der Waals surface area contributed by atoms with Crippen molar-refractivity contribution in [3.8, 4) is 5.75 Å². The normalized spacial score (nSPS) is 16.7. The first kappa shape index (κ1) is 12.9. The summed E-state index contributed by atoms with van der Waals surface area (Å²) in [7, 11) is 0. The van der Waals surface area contributed by atoms with Gasteiger partial charge in [-0.1, -0.05) is 12.1 Å². The Hall–Kier alpha value is -1.58. The third kappa shape index (κ3) is 2.63. The summed E-state index contributed by atoms with van der Waals surface area (Å²) in [5.74, 6) is -0.304. The fourth-order valence-corrected chi connectivity index (χ4v) is 2.15. The lowest BCUT2D eigenvalue weighted by Crippen LogP contribution is -2.38. The molecule has 4 heteroatoms.